The van der Waals surface area contributed by atoms with Gasteiger partial charge in [0.1, 0.15) is 5.82 Å². The highest BCUT2D eigenvalue weighted by Gasteiger charge is 2.40. The fourth-order valence-corrected chi connectivity index (χ4v) is 5.03. The number of allylic oxidation sites excluding steroid dienone is 1. The van der Waals surface area contributed by atoms with Crippen LogP contribution in [0.4, 0.5) is 5.82 Å². The number of nitrogens with zero attached hydrogens (tertiary/aromatic N) is 3. The van der Waals surface area contributed by atoms with Gasteiger partial charge >= 0.3 is 5.69 Å². The molecule has 0 bridgehead atoms. The lowest BCUT2D eigenvalue weighted by Crippen LogP contribution is -2.43. The topological polar surface area (TPSA) is 56.4 Å². The highest BCUT2D eigenvalue weighted by Crippen LogP contribution is 2.46. The smallest absolute Gasteiger partial charge is 0.281 e. The van der Waals surface area contributed by atoms with Crippen molar-refractivity contribution in [3.63, 3.8) is 0 Å². The minimum atomic E-state index is -0.345. The molecule has 0 radical (unpaired) electrons. The molecule has 5 nitrogen and oxygen atoms in total. The van der Waals surface area contributed by atoms with Crippen LogP contribution in [-0.2, 0) is 14.1 Å². The second-order valence-electron chi connectivity index (χ2n) is 8.41. The standard InChI is InChI=1S/C26H25N3O2/c1-28-24-22(25(30)29(2)26(28)31)21(18-12-7-4-8-13-18)20-15-9-14-19(23(20)27-24)16-17-10-5-3-6-11-17/h3-8,10-13,16,20-21H,9,14-15H2,1-2H3/b19-16-. The highest BCUT2D eigenvalue weighted by molar-refractivity contribution is 6.08. The van der Waals surface area contributed by atoms with Crippen LogP contribution in [0.5, 0.6) is 0 Å². The first kappa shape index (κ1) is 19.5. The highest BCUT2D eigenvalue weighted by atomic mass is 16.2. The van der Waals surface area contributed by atoms with Crippen LogP contribution >= 0.6 is 0 Å². The summed E-state index contributed by atoms with van der Waals surface area (Å²) in [6.07, 6.45) is 5.17. The summed E-state index contributed by atoms with van der Waals surface area (Å²) in [6.45, 7) is 0. The van der Waals surface area contributed by atoms with Gasteiger partial charge in [0.2, 0.25) is 0 Å². The van der Waals surface area contributed by atoms with E-state index < -0.39 is 0 Å². The second kappa shape index (κ2) is 7.65. The Morgan fingerprint density at radius 3 is 2.32 bits per heavy atom. The molecule has 156 valence electrons. The van der Waals surface area contributed by atoms with Gasteiger partial charge in [0.25, 0.3) is 5.56 Å². The Hall–Kier alpha value is -3.47. The van der Waals surface area contributed by atoms with Gasteiger partial charge in [0.15, 0.2) is 0 Å². The third-order valence-electron chi connectivity index (χ3n) is 6.55. The van der Waals surface area contributed by atoms with Crippen molar-refractivity contribution >= 4 is 17.6 Å². The van der Waals surface area contributed by atoms with Gasteiger partial charge in [-0.15, -0.1) is 0 Å². The molecule has 1 aliphatic carbocycles. The number of aliphatic imine (C=N–C) groups is 1. The predicted octanol–water partition coefficient (Wildman–Crippen LogP) is 4.19. The maximum atomic E-state index is 13.3. The van der Waals surface area contributed by atoms with Crippen molar-refractivity contribution < 1.29 is 0 Å². The molecular weight excluding hydrogens is 386 g/mol. The van der Waals surface area contributed by atoms with E-state index >= 15 is 0 Å². The van der Waals surface area contributed by atoms with Gasteiger partial charge in [-0.3, -0.25) is 13.9 Å². The molecule has 5 heteroatoms. The van der Waals surface area contributed by atoms with Crippen LogP contribution in [0.3, 0.4) is 0 Å². The molecule has 0 amide bonds. The molecular formula is C26H25N3O2. The molecule has 0 saturated heterocycles. The minimum Gasteiger partial charge on any atom is -0.281 e. The predicted molar refractivity (Wildman–Crippen MR) is 124 cm³/mol. The van der Waals surface area contributed by atoms with Crippen molar-refractivity contribution in [3.05, 3.63) is 104 Å². The van der Waals surface area contributed by atoms with Gasteiger partial charge < -0.3 is 0 Å². The number of benzene rings is 2. The van der Waals surface area contributed by atoms with E-state index in [1.807, 2.05) is 36.4 Å². The van der Waals surface area contributed by atoms with Gasteiger partial charge in [0, 0.05) is 25.9 Å². The zero-order chi connectivity index (χ0) is 21.5. The van der Waals surface area contributed by atoms with Crippen molar-refractivity contribution in [2.45, 2.75) is 25.2 Å². The zero-order valence-corrected chi connectivity index (χ0v) is 17.8. The lowest BCUT2D eigenvalue weighted by molar-refractivity contribution is 0.493. The van der Waals surface area contributed by atoms with Gasteiger partial charge in [-0.05, 0) is 42.0 Å². The summed E-state index contributed by atoms with van der Waals surface area (Å²) < 4.78 is 2.73. The molecule has 2 aliphatic rings. The van der Waals surface area contributed by atoms with E-state index in [0.717, 1.165) is 36.1 Å². The molecule has 31 heavy (non-hydrogen) atoms. The Bertz CT molecular complexity index is 1310. The number of aromatic nitrogens is 2. The summed E-state index contributed by atoms with van der Waals surface area (Å²) >= 11 is 0. The SMILES string of the molecule is Cn1c2c(c(=O)n(C)c1=O)C(c1ccccc1)C1CCC/C(=C/c3ccccc3)C1=N2. The van der Waals surface area contributed by atoms with Crippen molar-refractivity contribution in [2.75, 3.05) is 0 Å². The maximum absolute atomic E-state index is 13.3. The number of fused-ring (bicyclic) bond motifs is 2. The maximum Gasteiger partial charge on any atom is 0.332 e. The fraction of sp³-hybridized carbons (Fsp3) is 0.269. The van der Waals surface area contributed by atoms with Gasteiger partial charge in [-0.1, -0.05) is 60.7 Å². The Kier molecular flexibility index (Phi) is 4.81. The Labute approximate surface area is 181 Å². The van der Waals surface area contributed by atoms with Gasteiger partial charge in [-0.2, -0.15) is 0 Å². The number of rotatable bonds is 2. The van der Waals surface area contributed by atoms with Gasteiger partial charge in [0.05, 0.1) is 11.3 Å². The first-order chi connectivity index (χ1) is 15.1. The van der Waals surface area contributed by atoms with E-state index in [4.69, 9.17) is 4.99 Å². The Morgan fingerprint density at radius 2 is 1.61 bits per heavy atom. The van der Waals surface area contributed by atoms with Crippen LogP contribution in [0.2, 0.25) is 0 Å². The van der Waals surface area contributed by atoms with Gasteiger partial charge in [-0.25, -0.2) is 9.79 Å². The first-order valence-corrected chi connectivity index (χ1v) is 10.8. The summed E-state index contributed by atoms with van der Waals surface area (Å²) in [6, 6.07) is 20.4. The Morgan fingerprint density at radius 1 is 0.935 bits per heavy atom. The van der Waals surface area contributed by atoms with Crippen LogP contribution in [0.15, 0.2) is 80.8 Å². The van der Waals surface area contributed by atoms with E-state index in [-0.39, 0.29) is 23.1 Å². The molecule has 1 fully saturated rings. The normalized spacial score (nSPS) is 21.4. The molecule has 2 aromatic carbocycles. The molecule has 0 spiro atoms. The summed E-state index contributed by atoms with van der Waals surface area (Å²) in [4.78, 5) is 30.9. The summed E-state index contributed by atoms with van der Waals surface area (Å²) in [5, 5.41) is 0. The summed E-state index contributed by atoms with van der Waals surface area (Å²) in [5.74, 6) is 0.492. The third-order valence-corrected chi connectivity index (χ3v) is 6.55. The molecule has 1 aliphatic heterocycles. The molecule has 1 saturated carbocycles. The summed E-state index contributed by atoms with van der Waals surface area (Å²) in [7, 11) is 3.25. The summed E-state index contributed by atoms with van der Waals surface area (Å²) in [5.41, 5.74) is 4.49. The average Bonchev–Trinajstić information content (AvgIpc) is 2.81. The molecule has 3 aromatic rings. The molecule has 0 N–H and O–H groups in total. The van der Waals surface area contributed by atoms with Crippen molar-refractivity contribution in [3.8, 4) is 0 Å². The molecule has 2 unspecified atom stereocenters. The first-order valence-electron chi connectivity index (χ1n) is 10.8. The number of hydrogen-bond acceptors (Lipinski definition) is 3. The molecule has 1 aromatic heterocycles. The zero-order valence-electron chi connectivity index (χ0n) is 17.8. The molecule has 2 atom stereocenters. The number of hydrogen-bond donors (Lipinski definition) is 0. The minimum absolute atomic E-state index is 0.115. The van der Waals surface area contributed by atoms with Crippen LogP contribution < -0.4 is 11.2 Å². The largest absolute Gasteiger partial charge is 0.332 e. The monoisotopic (exact) mass is 411 g/mol. The Balaban J connectivity index is 1.79. The lowest BCUT2D eigenvalue weighted by atomic mass is 9.69. The third kappa shape index (κ3) is 3.21. The lowest BCUT2D eigenvalue weighted by Gasteiger charge is -2.37. The molecule has 2 heterocycles. The van der Waals surface area contributed by atoms with Crippen LogP contribution in [0.1, 0.15) is 41.9 Å². The molecule has 5 rings (SSSR count). The van der Waals surface area contributed by atoms with E-state index in [1.165, 1.54) is 14.7 Å². The average molecular weight is 412 g/mol. The fourth-order valence-electron chi connectivity index (χ4n) is 5.03. The quantitative estimate of drug-likeness (QED) is 0.635. The van der Waals surface area contributed by atoms with E-state index in [9.17, 15) is 9.59 Å². The van der Waals surface area contributed by atoms with E-state index in [1.54, 1.807) is 14.1 Å². The van der Waals surface area contributed by atoms with Crippen LogP contribution in [-0.4, -0.2) is 14.8 Å². The second-order valence-corrected chi connectivity index (χ2v) is 8.41. The van der Waals surface area contributed by atoms with Crippen molar-refractivity contribution in [1.82, 2.24) is 9.13 Å². The van der Waals surface area contributed by atoms with E-state index in [0.29, 0.717) is 11.4 Å². The van der Waals surface area contributed by atoms with Crippen LogP contribution in [0.25, 0.3) is 6.08 Å². The van der Waals surface area contributed by atoms with Crippen molar-refractivity contribution in [1.29, 1.82) is 0 Å². The van der Waals surface area contributed by atoms with Crippen LogP contribution in [0, 0.1) is 5.92 Å². The van der Waals surface area contributed by atoms with Crippen molar-refractivity contribution in [2.24, 2.45) is 25.0 Å². The van der Waals surface area contributed by atoms with E-state index in [2.05, 4.69) is 30.3 Å².